The van der Waals surface area contributed by atoms with Gasteiger partial charge in [0.1, 0.15) is 5.82 Å². The molecule has 154 valence electrons. The highest BCUT2D eigenvalue weighted by molar-refractivity contribution is 9.10. The molecule has 1 saturated carbocycles. The minimum absolute atomic E-state index is 0.0613. The van der Waals surface area contributed by atoms with Crippen LogP contribution in [-0.4, -0.2) is 35.0 Å². The number of hydrogen-bond acceptors (Lipinski definition) is 4. The van der Waals surface area contributed by atoms with Gasteiger partial charge in [0.15, 0.2) is 0 Å². The van der Waals surface area contributed by atoms with Gasteiger partial charge >= 0.3 is 0 Å². The van der Waals surface area contributed by atoms with Crippen molar-refractivity contribution in [2.24, 2.45) is 5.92 Å². The molecule has 1 saturated heterocycles. The molecule has 3 amide bonds. The van der Waals surface area contributed by atoms with Gasteiger partial charge in [-0.3, -0.25) is 19.3 Å². The first kappa shape index (κ1) is 20.8. The Labute approximate surface area is 185 Å². The van der Waals surface area contributed by atoms with Gasteiger partial charge in [0.25, 0.3) is 11.1 Å². The second-order valence-electron chi connectivity index (χ2n) is 7.18. The number of carbonyl (C=O) groups excluding carboxylic acids is 3. The molecule has 2 aliphatic rings. The average molecular weight is 489 g/mol. The van der Waals surface area contributed by atoms with Gasteiger partial charge in [0, 0.05) is 23.5 Å². The zero-order valence-electron chi connectivity index (χ0n) is 15.8. The van der Waals surface area contributed by atoms with Crippen molar-refractivity contribution < 1.29 is 18.8 Å². The molecule has 0 aromatic heterocycles. The van der Waals surface area contributed by atoms with Gasteiger partial charge in [0.05, 0.1) is 4.91 Å². The molecular formula is C22H18BrFN2O3S. The molecular weight excluding hydrogens is 471 g/mol. The first-order valence-corrected chi connectivity index (χ1v) is 11.1. The molecule has 1 N–H and O–H groups in total. The highest BCUT2D eigenvalue weighted by Gasteiger charge is 2.44. The largest absolute Gasteiger partial charge is 0.354 e. The molecule has 0 bridgehead atoms. The number of benzene rings is 2. The molecule has 1 aliphatic heterocycles. The maximum Gasteiger partial charge on any atom is 0.293 e. The van der Waals surface area contributed by atoms with Crippen molar-refractivity contribution in [3.8, 4) is 0 Å². The van der Waals surface area contributed by atoms with Crippen LogP contribution >= 0.6 is 27.7 Å². The van der Waals surface area contributed by atoms with E-state index in [4.69, 9.17) is 0 Å². The van der Waals surface area contributed by atoms with Crippen LogP contribution in [0.5, 0.6) is 0 Å². The lowest BCUT2D eigenvalue weighted by Gasteiger charge is -2.13. The van der Waals surface area contributed by atoms with Crippen LogP contribution in [0.25, 0.3) is 6.08 Å². The number of rotatable bonds is 6. The molecule has 2 unspecified atom stereocenters. The van der Waals surface area contributed by atoms with E-state index in [1.165, 1.54) is 12.1 Å². The second kappa shape index (κ2) is 8.73. The first-order chi connectivity index (χ1) is 14.4. The highest BCUT2D eigenvalue weighted by Crippen LogP contribution is 2.47. The van der Waals surface area contributed by atoms with Crippen molar-refractivity contribution in [3.05, 3.63) is 74.9 Å². The fourth-order valence-corrected chi connectivity index (χ4v) is 4.70. The zero-order chi connectivity index (χ0) is 21.3. The summed E-state index contributed by atoms with van der Waals surface area (Å²) in [6.45, 7) is 0.327. The van der Waals surface area contributed by atoms with Crippen LogP contribution in [0.1, 0.15) is 23.5 Å². The van der Waals surface area contributed by atoms with Crippen LogP contribution in [0.2, 0.25) is 0 Å². The minimum atomic E-state index is -0.401. The quantitative estimate of drug-likeness (QED) is 0.605. The second-order valence-corrected chi connectivity index (χ2v) is 9.09. The summed E-state index contributed by atoms with van der Waals surface area (Å²) in [5.74, 6) is -0.699. The summed E-state index contributed by atoms with van der Waals surface area (Å²) in [4.78, 5) is 38.5. The van der Waals surface area contributed by atoms with Crippen molar-refractivity contribution in [3.63, 3.8) is 0 Å². The van der Waals surface area contributed by atoms with E-state index in [1.807, 2.05) is 24.3 Å². The van der Waals surface area contributed by atoms with Crippen LogP contribution in [0.15, 0.2) is 57.9 Å². The number of thioether (sulfide) groups is 1. The Hall–Kier alpha value is -2.45. The number of nitrogens with zero attached hydrogens (tertiary/aromatic N) is 1. The summed E-state index contributed by atoms with van der Waals surface area (Å²) in [7, 11) is 0. The summed E-state index contributed by atoms with van der Waals surface area (Å²) in [5.41, 5.74) is 1.77. The third kappa shape index (κ3) is 4.65. The maximum absolute atomic E-state index is 13.0. The van der Waals surface area contributed by atoms with E-state index < -0.39 is 5.91 Å². The van der Waals surface area contributed by atoms with Crippen LogP contribution < -0.4 is 5.32 Å². The lowest BCUT2D eigenvalue weighted by atomic mass is 10.1. The Morgan fingerprint density at radius 3 is 2.73 bits per heavy atom. The Kier molecular flexibility index (Phi) is 6.06. The van der Waals surface area contributed by atoms with E-state index in [0.29, 0.717) is 5.56 Å². The van der Waals surface area contributed by atoms with Gasteiger partial charge in [-0.25, -0.2) is 4.39 Å². The fourth-order valence-electron chi connectivity index (χ4n) is 3.42. The van der Waals surface area contributed by atoms with Gasteiger partial charge in [-0.05, 0) is 65.6 Å². The van der Waals surface area contributed by atoms with Crippen LogP contribution in [0.4, 0.5) is 9.18 Å². The van der Waals surface area contributed by atoms with Crippen molar-refractivity contribution in [1.29, 1.82) is 0 Å². The molecule has 1 heterocycles. The van der Waals surface area contributed by atoms with Crippen LogP contribution in [0, 0.1) is 11.7 Å². The Balaban J connectivity index is 1.29. The smallest absolute Gasteiger partial charge is 0.293 e. The molecule has 0 radical (unpaired) electrons. The molecule has 4 rings (SSSR count). The number of imide groups is 1. The van der Waals surface area contributed by atoms with E-state index in [9.17, 15) is 18.8 Å². The first-order valence-electron chi connectivity index (χ1n) is 9.46. The summed E-state index contributed by atoms with van der Waals surface area (Å²) < 4.78 is 14.0. The Bertz CT molecular complexity index is 1040. The van der Waals surface area contributed by atoms with E-state index in [1.54, 1.807) is 18.2 Å². The molecule has 2 aromatic carbocycles. The third-order valence-electron chi connectivity index (χ3n) is 5.08. The topological polar surface area (TPSA) is 66.5 Å². The number of carbonyl (C=O) groups is 3. The molecule has 5 nitrogen and oxygen atoms in total. The number of amides is 3. The summed E-state index contributed by atoms with van der Waals surface area (Å²) in [5, 5.41) is 2.46. The van der Waals surface area contributed by atoms with Gasteiger partial charge in [-0.1, -0.05) is 40.2 Å². The predicted octanol–water partition coefficient (Wildman–Crippen LogP) is 4.54. The predicted molar refractivity (Wildman–Crippen MR) is 117 cm³/mol. The van der Waals surface area contributed by atoms with E-state index >= 15 is 0 Å². The standard InChI is InChI=1S/C22H18BrFN2O3S/c23-15-3-1-2-14(11-15)17-12-18(17)20(27)25-8-9-26-21(28)19(30-22(26)29)10-13-4-6-16(24)7-5-13/h1-7,10-11,17-18H,8-9,12H2,(H,25,27)/b19-10-. The third-order valence-corrected chi connectivity index (χ3v) is 6.48. The molecule has 2 aromatic rings. The molecule has 8 heteroatoms. The Morgan fingerprint density at radius 1 is 1.23 bits per heavy atom. The van der Waals surface area contributed by atoms with Crippen molar-refractivity contribution in [1.82, 2.24) is 10.2 Å². The van der Waals surface area contributed by atoms with Crippen molar-refractivity contribution >= 4 is 50.8 Å². The van der Waals surface area contributed by atoms with Gasteiger partial charge in [-0.2, -0.15) is 0 Å². The lowest BCUT2D eigenvalue weighted by Crippen LogP contribution is -2.37. The molecule has 30 heavy (non-hydrogen) atoms. The summed E-state index contributed by atoms with van der Waals surface area (Å²) in [6.07, 6.45) is 2.36. The lowest BCUT2D eigenvalue weighted by molar-refractivity contribution is -0.124. The van der Waals surface area contributed by atoms with Gasteiger partial charge in [-0.15, -0.1) is 0 Å². The van der Waals surface area contributed by atoms with E-state index in [0.717, 1.165) is 33.1 Å². The number of nitrogens with one attached hydrogen (secondary N) is 1. The monoisotopic (exact) mass is 488 g/mol. The normalized spacial score (nSPS) is 21.9. The number of hydrogen-bond donors (Lipinski definition) is 1. The fraction of sp³-hybridized carbons (Fsp3) is 0.227. The minimum Gasteiger partial charge on any atom is -0.354 e. The van der Waals surface area contributed by atoms with Crippen molar-refractivity contribution in [2.45, 2.75) is 12.3 Å². The van der Waals surface area contributed by atoms with Crippen molar-refractivity contribution in [2.75, 3.05) is 13.1 Å². The van der Waals surface area contributed by atoms with Crippen LogP contribution in [0.3, 0.4) is 0 Å². The Morgan fingerprint density at radius 2 is 2.00 bits per heavy atom. The van der Waals surface area contributed by atoms with Gasteiger partial charge < -0.3 is 5.32 Å². The number of halogens is 2. The molecule has 0 spiro atoms. The van der Waals surface area contributed by atoms with Crippen LogP contribution in [-0.2, 0) is 9.59 Å². The molecule has 2 atom stereocenters. The summed E-state index contributed by atoms with van der Waals surface area (Å²) >= 11 is 4.29. The molecule has 1 aliphatic carbocycles. The average Bonchev–Trinajstić information content (AvgIpc) is 3.48. The van der Waals surface area contributed by atoms with E-state index in [-0.39, 0.29) is 46.8 Å². The zero-order valence-corrected chi connectivity index (χ0v) is 18.2. The highest BCUT2D eigenvalue weighted by atomic mass is 79.9. The molecule has 2 fully saturated rings. The van der Waals surface area contributed by atoms with Gasteiger partial charge in [0.2, 0.25) is 5.91 Å². The summed E-state index contributed by atoms with van der Waals surface area (Å²) in [6, 6.07) is 13.6. The van der Waals surface area contributed by atoms with E-state index in [2.05, 4.69) is 21.2 Å². The maximum atomic E-state index is 13.0. The SMILES string of the molecule is O=C(NCCN1C(=O)S/C(=C\c2ccc(F)cc2)C1=O)C1CC1c1cccc(Br)c1.